The first-order valence-electron chi connectivity index (χ1n) is 8.39. The Morgan fingerprint density at radius 1 is 1.25 bits per heavy atom. The highest BCUT2D eigenvalue weighted by molar-refractivity contribution is 7.99. The molecule has 1 unspecified atom stereocenters. The first-order chi connectivity index (χ1) is 13.5. The van der Waals surface area contributed by atoms with Crippen molar-refractivity contribution in [2.75, 3.05) is 20.0 Å². The fraction of sp³-hybridized carbons (Fsp3) is 0.353. The second-order valence-electron chi connectivity index (χ2n) is 5.92. The molecule has 3 amide bonds. The lowest BCUT2D eigenvalue weighted by molar-refractivity contribution is -0.137. The number of carbonyl (C=O) groups excluding carboxylic acids is 3. The summed E-state index contributed by atoms with van der Waals surface area (Å²) in [6.45, 7) is 0. The van der Waals surface area contributed by atoms with E-state index in [0.717, 1.165) is 5.69 Å². The number of esters is 1. The standard InChI is InChI=1S/C17H19N5O5S/c1-26-12-5-3-11(4-6-12)22-13(7-10-8-14(23)19-16(25)18-10)20-21-17(22)28-9-15(24)27-2/h3-6,10H,7-9H2,1-2H3,(H2,18,19,23,25). The van der Waals surface area contributed by atoms with E-state index in [1.165, 1.54) is 18.9 Å². The molecule has 0 aliphatic carbocycles. The molecular weight excluding hydrogens is 386 g/mol. The number of rotatable bonds is 7. The van der Waals surface area contributed by atoms with E-state index in [4.69, 9.17) is 4.74 Å². The van der Waals surface area contributed by atoms with Gasteiger partial charge < -0.3 is 14.8 Å². The molecule has 2 aromatic rings. The van der Waals surface area contributed by atoms with E-state index in [1.807, 2.05) is 12.1 Å². The van der Waals surface area contributed by atoms with Crippen LogP contribution in [0.5, 0.6) is 5.75 Å². The number of aromatic nitrogens is 3. The number of hydrogen-bond acceptors (Lipinski definition) is 8. The van der Waals surface area contributed by atoms with Gasteiger partial charge in [0.25, 0.3) is 0 Å². The zero-order chi connectivity index (χ0) is 20.1. The molecule has 0 bridgehead atoms. The Balaban J connectivity index is 1.89. The second kappa shape index (κ2) is 8.74. The van der Waals surface area contributed by atoms with Crippen LogP contribution in [0.1, 0.15) is 12.2 Å². The highest BCUT2D eigenvalue weighted by Crippen LogP contribution is 2.25. The summed E-state index contributed by atoms with van der Waals surface area (Å²) in [6.07, 6.45) is 0.447. The van der Waals surface area contributed by atoms with Crippen molar-refractivity contribution in [1.29, 1.82) is 0 Å². The molecule has 1 atom stereocenters. The summed E-state index contributed by atoms with van der Waals surface area (Å²) in [4.78, 5) is 34.7. The van der Waals surface area contributed by atoms with Crippen LogP contribution < -0.4 is 15.4 Å². The van der Waals surface area contributed by atoms with Crippen LogP contribution in [-0.2, 0) is 20.7 Å². The molecule has 1 saturated heterocycles. The Morgan fingerprint density at radius 2 is 2.00 bits per heavy atom. The zero-order valence-electron chi connectivity index (χ0n) is 15.3. The van der Waals surface area contributed by atoms with E-state index >= 15 is 0 Å². The van der Waals surface area contributed by atoms with Gasteiger partial charge in [-0.1, -0.05) is 11.8 Å². The average Bonchev–Trinajstić information content (AvgIpc) is 3.07. The Hall–Kier alpha value is -3.08. The van der Waals surface area contributed by atoms with Crippen LogP contribution in [0, 0.1) is 0 Å². The number of imide groups is 1. The average molecular weight is 405 g/mol. The highest BCUT2D eigenvalue weighted by atomic mass is 32.2. The lowest BCUT2D eigenvalue weighted by Gasteiger charge is -2.23. The molecule has 1 fully saturated rings. The summed E-state index contributed by atoms with van der Waals surface area (Å²) >= 11 is 1.19. The Bertz CT molecular complexity index is 867. The van der Waals surface area contributed by atoms with Crippen LogP contribution in [0.25, 0.3) is 5.69 Å². The minimum absolute atomic E-state index is 0.0767. The number of nitrogens with one attached hydrogen (secondary N) is 2. The molecule has 2 N–H and O–H groups in total. The molecule has 1 aliphatic heterocycles. The van der Waals surface area contributed by atoms with Gasteiger partial charge in [-0.15, -0.1) is 10.2 Å². The highest BCUT2D eigenvalue weighted by Gasteiger charge is 2.27. The largest absolute Gasteiger partial charge is 0.497 e. The number of carbonyl (C=O) groups is 3. The summed E-state index contributed by atoms with van der Waals surface area (Å²) in [5.74, 6) is 0.598. The Labute approximate surface area is 165 Å². The summed E-state index contributed by atoms with van der Waals surface area (Å²) in [6, 6.07) is 6.32. The first-order valence-corrected chi connectivity index (χ1v) is 9.37. The van der Waals surface area contributed by atoms with Gasteiger partial charge in [-0.25, -0.2) is 4.79 Å². The molecule has 1 aromatic carbocycles. The van der Waals surface area contributed by atoms with Crippen LogP contribution in [0.4, 0.5) is 4.79 Å². The van der Waals surface area contributed by atoms with Crippen LogP contribution >= 0.6 is 11.8 Å². The molecule has 28 heavy (non-hydrogen) atoms. The van der Waals surface area contributed by atoms with Crippen LogP contribution in [0.15, 0.2) is 29.4 Å². The van der Waals surface area contributed by atoms with E-state index in [0.29, 0.717) is 23.2 Å². The van der Waals surface area contributed by atoms with Crippen molar-refractivity contribution in [2.24, 2.45) is 0 Å². The molecule has 0 saturated carbocycles. The van der Waals surface area contributed by atoms with Crippen molar-refractivity contribution < 1.29 is 23.9 Å². The number of thioether (sulfide) groups is 1. The predicted octanol–water partition coefficient (Wildman–Crippen LogP) is 0.682. The van der Waals surface area contributed by atoms with Gasteiger partial charge >= 0.3 is 12.0 Å². The molecule has 148 valence electrons. The monoisotopic (exact) mass is 405 g/mol. The van der Waals surface area contributed by atoms with Crippen LogP contribution in [0.3, 0.4) is 0 Å². The maximum absolute atomic E-state index is 11.6. The van der Waals surface area contributed by atoms with Crippen LogP contribution in [0.2, 0.25) is 0 Å². The van der Waals surface area contributed by atoms with Gasteiger partial charge in [-0.05, 0) is 24.3 Å². The van der Waals surface area contributed by atoms with E-state index in [2.05, 4.69) is 25.6 Å². The second-order valence-corrected chi connectivity index (χ2v) is 6.87. The van der Waals surface area contributed by atoms with E-state index in [-0.39, 0.29) is 24.1 Å². The number of benzene rings is 1. The van der Waals surface area contributed by atoms with Crippen molar-refractivity contribution in [3.8, 4) is 11.4 Å². The van der Waals surface area contributed by atoms with E-state index in [9.17, 15) is 14.4 Å². The van der Waals surface area contributed by atoms with Gasteiger partial charge in [-0.2, -0.15) is 0 Å². The smallest absolute Gasteiger partial charge is 0.321 e. The zero-order valence-corrected chi connectivity index (χ0v) is 16.1. The van der Waals surface area contributed by atoms with E-state index in [1.54, 1.807) is 23.8 Å². The lowest BCUT2D eigenvalue weighted by Crippen LogP contribution is -2.53. The maximum atomic E-state index is 11.6. The molecule has 1 aromatic heterocycles. The SMILES string of the molecule is COC(=O)CSc1nnc(CC2CC(=O)NC(=O)N2)n1-c1ccc(OC)cc1. The number of methoxy groups -OCH3 is 2. The topological polar surface area (TPSA) is 124 Å². The molecular formula is C17H19N5O5S. The fourth-order valence-corrected chi connectivity index (χ4v) is 3.52. The van der Waals surface area contributed by atoms with Gasteiger partial charge in [0.1, 0.15) is 11.6 Å². The number of hydrogen-bond donors (Lipinski definition) is 2. The number of nitrogens with zero attached hydrogens (tertiary/aromatic N) is 3. The number of ether oxygens (including phenoxy) is 2. The molecule has 11 heteroatoms. The summed E-state index contributed by atoms with van der Waals surface area (Å²) in [7, 11) is 2.90. The van der Waals surface area contributed by atoms with Crippen molar-refractivity contribution in [1.82, 2.24) is 25.4 Å². The van der Waals surface area contributed by atoms with Crippen molar-refractivity contribution >= 4 is 29.7 Å². The minimum Gasteiger partial charge on any atom is -0.497 e. The quantitative estimate of drug-likeness (QED) is 0.509. The Kier molecular flexibility index (Phi) is 6.14. The van der Waals surface area contributed by atoms with Crippen molar-refractivity contribution in [3.63, 3.8) is 0 Å². The van der Waals surface area contributed by atoms with Crippen LogP contribution in [-0.4, -0.2) is 58.7 Å². The molecule has 2 heterocycles. The summed E-state index contributed by atoms with van der Waals surface area (Å²) in [5.41, 5.74) is 0.764. The van der Waals surface area contributed by atoms with Gasteiger partial charge in [0.15, 0.2) is 5.16 Å². The normalized spacial score (nSPS) is 16.3. The first kappa shape index (κ1) is 19.7. The van der Waals surface area contributed by atoms with Crippen molar-refractivity contribution in [3.05, 3.63) is 30.1 Å². The van der Waals surface area contributed by atoms with Gasteiger partial charge in [0.05, 0.1) is 20.0 Å². The summed E-state index contributed by atoms with van der Waals surface area (Å²) < 4.78 is 11.6. The minimum atomic E-state index is -0.531. The van der Waals surface area contributed by atoms with Gasteiger partial charge in [-0.3, -0.25) is 19.5 Å². The Morgan fingerprint density at radius 3 is 2.64 bits per heavy atom. The number of amides is 3. The van der Waals surface area contributed by atoms with Crippen molar-refractivity contribution in [2.45, 2.75) is 24.0 Å². The van der Waals surface area contributed by atoms with Gasteiger partial charge in [0, 0.05) is 24.6 Å². The molecule has 3 rings (SSSR count). The number of urea groups is 1. The van der Waals surface area contributed by atoms with E-state index < -0.39 is 12.1 Å². The molecule has 10 nitrogen and oxygen atoms in total. The molecule has 0 radical (unpaired) electrons. The fourth-order valence-electron chi connectivity index (χ4n) is 2.72. The predicted molar refractivity (Wildman–Crippen MR) is 99.4 cm³/mol. The molecule has 1 aliphatic rings. The van der Waals surface area contributed by atoms with Gasteiger partial charge in [0.2, 0.25) is 5.91 Å². The third-order valence-electron chi connectivity index (χ3n) is 4.03. The third-order valence-corrected chi connectivity index (χ3v) is 4.93. The third kappa shape index (κ3) is 4.60. The molecule has 0 spiro atoms. The maximum Gasteiger partial charge on any atom is 0.321 e. The lowest BCUT2D eigenvalue weighted by atomic mass is 10.1. The summed E-state index contributed by atoms with van der Waals surface area (Å²) in [5, 5.41) is 13.8.